The first-order chi connectivity index (χ1) is 8.24. The molecule has 1 aromatic heterocycles. The summed E-state index contributed by atoms with van der Waals surface area (Å²) >= 11 is 0. The standard InChI is InChI=1S/C14H14N2O/c1-3-11(4-2)16-14-13-9-12(17)6-5-10(13)7-8-15-14/h1,5-9,11,17H,4H2,2H3,(H,15,16). The summed E-state index contributed by atoms with van der Waals surface area (Å²) in [7, 11) is 0. The number of hydrogen-bond acceptors (Lipinski definition) is 3. The lowest BCUT2D eigenvalue weighted by atomic mass is 10.1. The predicted octanol–water partition coefficient (Wildman–Crippen LogP) is 2.76. The summed E-state index contributed by atoms with van der Waals surface area (Å²) in [5.41, 5.74) is 0. The van der Waals surface area contributed by atoms with Crippen LogP contribution in [0, 0.1) is 12.3 Å². The zero-order valence-corrected chi connectivity index (χ0v) is 9.64. The molecule has 0 aliphatic rings. The summed E-state index contributed by atoms with van der Waals surface area (Å²) < 4.78 is 0. The number of fused-ring (bicyclic) bond motifs is 1. The molecule has 1 unspecified atom stereocenters. The third kappa shape index (κ3) is 2.31. The first-order valence-electron chi connectivity index (χ1n) is 5.55. The van der Waals surface area contributed by atoms with E-state index in [0.717, 1.165) is 17.2 Å². The maximum absolute atomic E-state index is 9.51. The molecular formula is C14H14N2O. The van der Waals surface area contributed by atoms with E-state index in [2.05, 4.69) is 16.2 Å². The second kappa shape index (κ2) is 4.75. The van der Waals surface area contributed by atoms with Crippen LogP contribution in [-0.2, 0) is 0 Å². The maximum atomic E-state index is 9.51. The Kier molecular flexibility index (Phi) is 3.15. The Hall–Kier alpha value is -2.21. The van der Waals surface area contributed by atoms with E-state index in [1.54, 1.807) is 18.3 Å². The molecule has 0 saturated heterocycles. The van der Waals surface area contributed by atoms with Crippen LogP contribution in [0.25, 0.3) is 10.8 Å². The number of pyridine rings is 1. The van der Waals surface area contributed by atoms with Crippen molar-refractivity contribution in [2.24, 2.45) is 0 Å². The summed E-state index contributed by atoms with van der Waals surface area (Å²) in [5, 5.41) is 14.6. The fraction of sp³-hybridized carbons (Fsp3) is 0.214. The van der Waals surface area contributed by atoms with Crippen molar-refractivity contribution in [1.29, 1.82) is 0 Å². The van der Waals surface area contributed by atoms with Gasteiger partial charge in [0, 0.05) is 11.6 Å². The quantitative estimate of drug-likeness (QED) is 0.791. The van der Waals surface area contributed by atoms with Crippen molar-refractivity contribution in [3.63, 3.8) is 0 Å². The van der Waals surface area contributed by atoms with Crippen LogP contribution in [0.3, 0.4) is 0 Å². The van der Waals surface area contributed by atoms with E-state index in [0.29, 0.717) is 5.82 Å². The third-order valence-electron chi connectivity index (χ3n) is 2.67. The molecule has 2 N–H and O–H groups in total. The lowest BCUT2D eigenvalue weighted by molar-refractivity contribution is 0.476. The van der Waals surface area contributed by atoms with Crippen molar-refractivity contribution >= 4 is 16.6 Å². The fourth-order valence-electron chi connectivity index (χ4n) is 1.70. The van der Waals surface area contributed by atoms with Gasteiger partial charge < -0.3 is 10.4 Å². The Morgan fingerprint density at radius 3 is 3.00 bits per heavy atom. The molecule has 0 spiro atoms. The summed E-state index contributed by atoms with van der Waals surface area (Å²) in [5.74, 6) is 3.60. The molecule has 0 aliphatic carbocycles. The average Bonchev–Trinajstić information content (AvgIpc) is 2.36. The second-order valence-electron chi connectivity index (χ2n) is 3.84. The van der Waals surface area contributed by atoms with Gasteiger partial charge in [0.05, 0.1) is 6.04 Å². The van der Waals surface area contributed by atoms with Crippen LogP contribution in [-0.4, -0.2) is 16.1 Å². The lowest BCUT2D eigenvalue weighted by Gasteiger charge is -2.13. The van der Waals surface area contributed by atoms with Gasteiger partial charge in [-0.3, -0.25) is 0 Å². The number of nitrogens with one attached hydrogen (secondary N) is 1. The lowest BCUT2D eigenvalue weighted by Crippen LogP contribution is -2.16. The van der Waals surface area contributed by atoms with Crippen molar-refractivity contribution < 1.29 is 5.11 Å². The Bertz CT molecular complexity index is 572. The van der Waals surface area contributed by atoms with Crippen molar-refractivity contribution in [1.82, 2.24) is 4.98 Å². The summed E-state index contributed by atoms with van der Waals surface area (Å²) in [6.07, 6.45) is 7.97. The molecule has 3 heteroatoms. The molecule has 1 atom stereocenters. The smallest absolute Gasteiger partial charge is 0.134 e. The molecule has 0 amide bonds. The number of aromatic nitrogens is 1. The van der Waals surface area contributed by atoms with E-state index in [9.17, 15) is 5.11 Å². The highest BCUT2D eigenvalue weighted by Gasteiger charge is 2.07. The van der Waals surface area contributed by atoms with E-state index < -0.39 is 0 Å². The zero-order valence-electron chi connectivity index (χ0n) is 9.64. The monoisotopic (exact) mass is 226 g/mol. The zero-order chi connectivity index (χ0) is 12.3. The molecule has 0 fully saturated rings. The van der Waals surface area contributed by atoms with Gasteiger partial charge in [-0.05, 0) is 30.0 Å². The number of phenols is 1. The topological polar surface area (TPSA) is 45.2 Å². The number of anilines is 1. The van der Waals surface area contributed by atoms with Crippen LogP contribution in [0.2, 0.25) is 0 Å². The van der Waals surface area contributed by atoms with Gasteiger partial charge in [-0.2, -0.15) is 0 Å². The van der Waals surface area contributed by atoms with E-state index in [-0.39, 0.29) is 11.8 Å². The minimum absolute atomic E-state index is 0.0459. The molecule has 17 heavy (non-hydrogen) atoms. The van der Waals surface area contributed by atoms with Crippen LogP contribution >= 0.6 is 0 Å². The van der Waals surface area contributed by atoms with Crippen molar-refractivity contribution in [3.8, 4) is 18.1 Å². The van der Waals surface area contributed by atoms with Gasteiger partial charge in [0.2, 0.25) is 0 Å². The molecule has 0 radical (unpaired) electrons. The van der Waals surface area contributed by atoms with E-state index in [1.807, 2.05) is 19.1 Å². The van der Waals surface area contributed by atoms with Gasteiger partial charge in [-0.1, -0.05) is 18.9 Å². The van der Waals surface area contributed by atoms with E-state index in [1.165, 1.54) is 0 Å². The van der Waals surface area contributed by atoms with Crippen LogP contribution < -0.4 is 5.32 Å². The molecule has 86 valence electrons. The number of hydrogen-bond donors (Lipinski definition) is 2. The molecule has 2 aromatic rings. The molecule has 2 rings (SSSR count). The predicted molar refractivity (Wildman–Crippen MR) is 69.9 cm³/mol. The molecule has 1 heterocycles. The van der Waals surface area contributed by atoms with Crippen molar-refractivity contribution in [2.45, 2.75) is 19.4 Å². The Morgan fingerprint density at radius 2 is 2.29 bits per heavy atom. The number of nitrogens with zero attached hydrogens (tertiary/aromatic N) is 1. The van der Waals surface area contributed by atoms with Gasteiger partial charge in [-0.15, -0.1) is 6.42 Å². The van der Waals surface area contributed by atoms with E-state index in [4.69, 9.17) is 6.42 Å². The molecule has 3 nitrogen and oxygen atoms in total. The Morgan fingerprint density at radius 1 is 1.47 bits per heavy atom. The maximum Gasteiger partial charge on any atom is 0.134 e. The first kappa shape index (κ1) is 11.3. The number of terminal acetylenes is 1. The average molecular weight is 226 g/mol. The van der Waals surface area contributed by atoms with Crippen molar-refractivity contribution in [2.75, 3.05) is 5.32 Å². The number of phenolic OH excluding ortho intramolecular Hbond substituents is 1. The van der Waals surface area contributed by atoms with E-state index >= 15 is 0 Å². The molecule has 0 aliphatic heterocycles. The number of benzene rings is 1. The Labute approximate surface area is 101 Å². The van der Waals surface area contributed by atoms with Gasteiger partial charge in [0.1, 0.15) is 11.6 Å². The van der Waals surface area contributed by atoms with Crippen molar-refractivity contribution in [3.05, 3.63) is 30.5 Å². The van der Waals surface area contributed by atoms with Gasteiger partial charge in [0.15, 0.2) is 0 Å². The SMILES string of the molecule is C#CC(CC)Nc1nccc2ccc(O)cc12. The largest absolute Gasteiger partial charge is 0.508 e. The molecule has 0 bridgehead atoms. The van der Waals surface area contributed by atoms with Crippen LogP contribution in [0.5, 0.6) is 5.75 Å². The van der Waals surface area contributed by atoms with Crippen LogP contribution in [0.1, 0.15) is 13.3 Å². The van der Waals surface area contributed by atoms with Crippen LogP contribution in [0.15, 0.2) is 30.5 Å². The van der Waals surface area contributed by atoms with Crippen LogP contribution in [0.4, 0.5) is 5.82 Å². The Balaban J connectivity index is 2.47. The van der Waals surface area contributed by atoms with Gasteiger partial charge in [-0.25, -0.2) is 4.98 Å². The van der Waals surface area contributed by atoms with Gasteiger partial charge >= 0.3 is 0 Å². The highest BCUT2D eigenvalue weighted by atomic mass is 16.3. The highest BCUT2D eigenvalue weighted by Crippen LogP contribution is 2.25. The summed E-state index contributed by atoms with van der Waals surface area (Å²) in [6, 6.07) is 7.05. The minimum atomic E-state index is -0.0459. The summed E-state index contributed by atoms with van der Waals surface area (Å²) in [4.78, 5) is 4.27. The van der Waals surface area contributed by atoms with Gasteiger partial charge in [0.25, 0.3) is 0 Å². The molecule has 0 saturated carbocycles. The number of rotatable bonds is 3. The minimum Gasteiger partial charge on any atom is -0.508 e. The highest BCUT2D eigenvalue weighted by molar-refractivity contribution is 5.92. The first-order valence-corrected chi connectivity index (χ1v) is 5.55. The second-order valence-corrected chi connectivity index (χ2v) is 3.84. The molecular weight excluding hydrogens is 212 g/mol. The fourth-order valence-corrected chi connectivity index (χ4v) is 1.70. The summed E-state index contributed by atoms with van der Waals surface area (Å²) in [6.45, 7) is 2.01. The normalized spacial score (nSPS) is 12.0. The number of aromatic hydroxyl groups is 1. The third-order valence-corrected chi connectivity index (χ3v) is 2.67. The molecule has 1 aromatic carbocycles.